The Hall–Kier alpha value is -0.850. The summed E-state index contributed by atoms with van der Waals surface area (Å²) in [5.74, 6) is 1.13. The van der Waals surface area contributed by atoms with Crippen molar-refractivity contribution in [3.8, 4) is 0 Å². The van der Waals surface area contributed by atoms with Gasteiger partial charge in [-0.2, -0.15) is 0 Å². The molecule has 0 aromatic heterocycles. The van der Waals surface area contributed by atoms with Gasteiger partial charge in [-0.25, -0.2) is 0 Å². The average molecular weight is 416 g/mol. The Balaban J connectivity index is 0.00000280. The molecule has 0 spiro atoms. The van der Waals surface area contributed by atoms with E-state index in [-0.39, 0.29) is 42.3 Å². The third kappa shape index (κ3) is 6.33. The molecule has 162 valence electrons. The molecule has 2 amide bonds. The third-order valence-corrected chi connectivity index (χ3v) is 6.41. The van der Waals surface area contributed by atoms with Crippen LogP contribution in [0.5, 0.6) is 0 Å². The monoisotopic (exact) mass is 415 g/mol. The second-order valence-electron chi connectivity index (χ2n) is 8.77. The molecule has 28 heavy (non-hydrogen) atoms. The molecule has 2 aliphatic heterocycles. The van der Waals surface area contributed by atoms with Crippen molar-refractivity contribution in [1.29, 1.82) is 0 Å². The number of rotatable bonds is 7. The van der Waals surface area contributed by atoms with Gasteiger partial charge in [-0.3, -0.25) is 9.59 Å². The highest BCUT2D eigenvalue weighted by atomic mass is 35.5. The first-order valence-electron chi connectivity index (χ1n) is 11.0. The van der Waals surface area contributed by atoms with Crippen LogP contribution in [0.1, 0.15) is 65.2 Å². The predicted octanol–water partition coefficient (Wildman–Crippen LogP) is 2.50. The van der Waals surface area contributed by atoms with Gasteiger partial charge in [-0.15, -0.1) is 12.4 Å². The number of nitrogens with one attached hydrogen (secondary N) is 2. The van der Waals surface area contributed by atoms with Gasteiger partial charge in [0.15, 0.2) is 0 Å². The van der Waals surface area contributed by atoms with Crippen molar-refractivity contribution < 1.29 is 14.3 Å². The number of ether oxygens (including phenoxy) is 1. The van der Waals surface area contributed by atoms with E-state index in [1.54, 1.807) is 0 Å². The average Bonchev–Trinajstić information content (AvgIpc) is 3.11. The lowest BCUT2D eigenvalue weighted by Gasteiger charge is -2.33. The molecule has 3 atom stereocenters. The second-order valence-corrected chi connectivity index (χ2v) is 8.77. The fourth-order valence-corrected chi connectivity index (χ4v) is 4.84. The largest absolute Gasteiger partial charge is 0.379 e. The fourth-order valence-electron chi connectivity index (χ4n) is 4.84. The second kappa shape index (κ2) is 11.4. The van der Waals surface area contributed by atoms with Crippen LogP contribution in [0.3, 0.4) is 0 Å². The van der Waals surface area contributed by atoms with Gasteiger partial charge in [0, 0.05) is 38.2 Å². The maximum atomic E-state index is 12.9. The molecule has 2 heterocycles. The first kappa shape index (κ1) is 23.4. The first-order valence-corrected chi connectivity index (χ1v) is 11.0. The molecule has 3 fully saturated rings. The zero-order valence-corrected chi connectivity index (χ0v) is 18.3. The molecule has 7 heteroatoms. The highest BCUT2D eigenvalue weighted by Crippen LogP contribution is 2.34. The van der Waals surface area contributed by atoms with Gasteiger partial charge in [-0.05, 0) is 58.3 Å². The Morgan fingerprint density at radius 2 is 1.86 bits per heavy atom. The minimum atomic E-state index is 0. The number of carbonyl (C=O) groups excluding carboxylic acids is 2. The molecular weight excluding hydrogens is 378 g/mol. The van der Waals surface area contributed by atoms with E-state index in [4.69, 9.17) is 4.74 Å². The van der Waals surface area contributed by atoms with Gasteiger partial charge < -0.3 is 20.3 Å². The SMILES string of the molecule is CC(C)OCCCNC(=O)C1CCN(C(=O)C2CC3CCCCC3N2)CC1.Cl. The topological polar surface area (TPSA) is 70.7 Å². The van der Waals surface area contributed by atoms with Gasteiger partial charge in [0.25, 0.3) is 0 Å². The van der Waals surface area contributed by atoms with Crippen LogP contribution in [-0.2, 0) is 14.3 Å². The van der Waals surface area contributed by atoms with Crippen LogP contribution in [0.15, 0.2) is 0 Å². The molecule has 3 rings (SSSR count). The van der Waals surface area contributed by atoms with E-state index in [1.807, 2.05) is 18.7 Å². The summed E-state index contributed by atoms with van der Waals surface area (Å²) in [6.07, 6.45) is 8.73. The molecule has 3 unspecified atom stereocenters. The van der Waals surface area contributed by atoms with E-state index < -0.39 is 0 Å². The molecule has 0 aromatic rings. The quantitative estimate of drug-likeness (QED) is 0.627. The van der Waals surface area contributed by atoms with E-state index in [2.05, 4.69) is 10.6 Å². The van der Waals surface area contributed by atoms with Crippen LogP contribution < -0.4 is 10.6 Å². The van der Waals surface area contributed by atoms with Crippen molar-refractivity contribution in [2.75, 3.05) is 26.2 Å². The van der Waals surface area contributed by atoms with Crippen LogP contribution in [0.25, 0.3) is 0 Å². The molecular formula is C21H38ClN3O3. The molecule has 0 radical (unpaired) electrons. The fraction of sp³-hybridized carbons (Fsp3) is 0.905. The minimum Gasteiger partial charge on any atom is -0.379 e. The number of piperidine rings is 1. The summed E-state index contributed by atoms with van der Waals surface area (Å²) in [6.45, 7) is 6.80. The highest BCUT2D eigenvalue weighted by Gasteiger charge is 2.40. The van der Waals surface area contributed by atoms with E-state index in [9.17, 15) is 9.59 Å². The zero-order valence-electron chi connectivity index (χ0n) is 17.5. The molecule has 0 aromatic carbocycles. The summed E-state index contributed by atoms with van der Waals surface area (Å²) in [7, 11) is 0. The Bertz CT molecular complexity index is 495. The first-order chi connectivity index (χ1) is 13.0. The number of amides is 2. The lowest BCUT2D eigenvalue weighted by atomic mass is 9.85. The maximum absolute atomic E-state index is 12.9. The number of likely N-dealkylation sites (tertiary alicyclic amines) is 1. The number of nitrogens with zero attached hydrogens (tertiary/aromatic N) is 1. The van der Waals surface area contributed by atoms with E-state index in [0.717, 1.165) is 25.7 Å². The van der Waals surface area contributed by atoms with Crippen LogP contribution >= 0.6 is 12.4 Å². The third-order valence-electron chi connectivity index (χ3n) is 6.41. The number of hydrogen-bond donors (Lipinski definition) is 2. The Morgan fingerprint density at radius 1 is 1.14 bits per heavy atom. The van der Waals surface area contributed by atoms with Crippen molar-refractivity contribution in [2.24, 2.45) is 11.8 Å². The van der Waals surface area contributed by atoms with Crippen LogP contribution in [-0.4, -0.2) is 61.1 Å². The summed E-state index contributed by atoms with van der Waals surface area (Å²) < 4.78 is 5.49. The van der Waals surface area contributed by atoms with Crippen LogP contribution in [0.4, 0.5) is 0 Å². The van der Waals surface area contributed by atoms with Crippen molar-refractivity contribution in [3.63, 3.8) is 0 Å². The summed E-state index contributed by atoms with van der Waals surface area (Å²) in [4.78, 5) is 27.2. The summed E-state index contributed by atoms with van der Waals surface area (Å²) in [6, 6.07) is 0.556. The number of fused-ring (bicyclic) bond motifs is 1. The van der Waals surface area contributed by atoms with Gasteiger partial charge in [0.2, 0.25) is 11.8 Å². The Labute approximate surface area is 175 Å². The summed E-state index contributed by atoms with van der Waals surface area (Å²) in [5, 5.41) is 6.61. The number of hydrogen-bond acceptors (Lipinski definition) is 4. The highest BCUT2D eigenvalue weighted by molar-refractivity contribution is 5.85. The van der Waals surface area contributed by atoms with Crippen LogP contribution in [0.2, 0.25) is 0 Å². The molecule has 6 nitrogen and oxygen atoms in total. The van der Waals surface area contributed by atoms with Gasteiger partial charge in [-0.1, -0.05) is 12.8 Å². The number of carbonyl (C=O) groups is 2. The lowest BCUT2D eigenvalue weighted by Crippen LogP contribution is -2.49. The van der Waals surface area contributed by atoms with Crippen molar-refractivity contribution in [2.45, 2.75) is 83.4 Å². The Kier molecular flexibility index (Phi) is 9.51. The molecule has 0 bridgehead atoms. The predicted molar refractivity (Wildman–Crippen MR) is 113 cm³/mol. The summed E-state index contributed by atoms with van der Waals surface area (Å²) in [5.41, 5.74) is 0. The van der Waals surface area contributed by atoms with Crippen LogP contribution in [0, 0.1) is 11.8 Å². The molecule has 3 aliphatic rings. The number of halogens is 1. The van der Waals surface area contributed by atoms with Gasteiger partial charge in [0.1, 0.15) is 0 Å². The van der Waals surface area contributed by atoms with E-state index in [1.165, 1.54) is 25.7 Å². The molecule has 2 N–H and O–H groups in total. The molecule has 1 saturated carbocycles. The van der Waals surface area contributed by atoms with Crippen molar-refractivity contribution in [1.82, 2.24) is 15.5 Å². The Morgan fingerprint density at radius 3 is 2.54 bits per heavy atom. The smallest absolute Gasteiger partial charge is 0.239 e. The van der Waals surface area contributed by atoms with Gasteiger partial charge >= 0.3 is 0 Å². The van der Waals surface area contributed by atoms with E-state index in [0.29, 0.717) is 38.2 Å². The zero-order chi connectivity index (χ0) is 19.2. The standard InChI is InChI=1S/C21H37N3O3.ClH/c1-15(2)27-13-5-10-22-20(25)16-8-11-24(12-9-16)21(26)19-14-17-6-3-4-7-18(17)23-19;/h15-19,23H,3-14H2,1-2H3,(H,22,25);1H. The summed E-state index contributed by atoms with van der Waals surface area (Å²) >= 11 is 0. The minimum absolute atomic E-state index is 0. The molecule has 1 aliphatic carbocycles. The normalized spacial score (nSPS) is 28.0. The van der Waals surface area contributed by atoms with Gasteiger partial charge in [0.05, 0.1) is 12.1 Å². The maximum Gasteiger partial charge on any atom is 0.239 e. The van der Waals surface area contributed by atoms with Crippen molar-refractivity contribution >= 4 is 24.2 Å². The molecule has 2 saturated heterocycles. The van der Waals surface area contributed by atoms with E-state index >= 15 is 0 Å². The van der Waals surface area contributed by atoms with Crippen molar-refractivity contribution in [3.05, 3.63) is 0 Å². The lowest BCUT2D eigenvalue weighted by molar-refractivity contribution is -0.137.